The van der Waals surface area contributed by atoms with Gasteiger partial charge in [-0.1, -0.05) is 11.6 Å². The predicted molar refractivity (Wildman–Crippen MR) is 57.1 cm³/mol. The first-order valence-corrected chi connectivity index (χ1v) is 6.18. The van der Waals surface area contributed by atoms with Crippen molar-refractivity contribution >= 4 is 34.7 Å². The lowest BCUT2D eigenvalue weighted by molar-refractivity contribution is 0.623. The fraction of sp³-hybridized carbons (Fsp3) is 0.500. The second-order valence-electron chi connectivity index (χ2n) is 2.95. The third-order valence-electron chi connectivity index (χ3n) is 1.79. The summed E-state index contributed by atoms with van der Waals surface area (Å²) in [5, 5.41) is 6.81. The molecule has 1 aromatic rings. The minimum Gasteiger partial charge on any atom is -0.298 e. The van der Waals surface area contributed by atoms with E-state index in [0.29, 0.717) is 11.4 Å². The molecule has 4 heteroatoms. The van der Waals surface area contributed by atoms with Gasteiger partial charge in [0.15, 0.2) is 0 Å². The Morgan fingerprint density at radius 3 is 3.00 bits per heavy atom. The second-order valence-corrected chi connectivity index (χ2v) is 5.47. The third-order valence-corrected chi connectivity index (χ3v) is 4.71. The van der Waals surface area contributed by atoms with Crippen LogP contribution in [0.15, 0.2) is 11.4 Å². The van der Waals surface area contributed by atoms with Crippen molar-refractivity contribution in [3.63, 3.8) is 0 Å². The number of nitrogens with one attached hydrogen (secondary N) is 1. The molecule has 0 spiro atoms. The van der Waals surface area contributed by atoms with Gasteiger partial charge in [-0.05, 0) is 13.0 Å². The van der Waals surface area contributed by atoms with E-state index in [0.717, 1.165) is 5.02 Å². The molecule has 0 aliphatic carbocycles. The van der Waals surface area contributed by atoms with Gasteiger partial charge in [0.2, 0.25) is 0 Å². The van der Waals surface area contributed by atoms with Gasteiger partial charge in [0.25, 0.3) is 0 Å². The molecule has 2 heterocycles. The molecule has 1 aliphatic heterocycles. The monoisotopic (exact) mass is 219 g/mol. The van der Waals surface area contributed by atoms with Crippen molar-refractivity contribution in [2.24, 2.45) is 0 Å². The van der Waals surface area contributed by atoms with E-state index >= 15 is 0 Å². The van der Waals surface area contributed by atoms with Gasteiger partial charge in [-0.3, -0.25) is 5.32 Å². The van der Waals surface area contributed by atoms with E-state index in [2.05, 4.69) is 18.3 Å². The molecule has 12 heavy (non-hydrogen) atoms. The van der Waals surface area contributed by atoms with Gasteiger partial charge >= 0.3 is 0 Å². The summed E-state index contributed by atoms with van der Waals surface area (Å²) >= 11 is 9.54. The summed E-state index contributed by atoms with van der Waals surface area (Å²) in [6.45, 7) is 2.21. The van der Waals surface area contributed by atoms with E-state index in [1.54, 1.807) is 11.3 Å². The second kappa shape index (κ2) is 3.58. The third kappa shape index (κ3) is 1.79. The Hall–Kier alpha value is 0.300. The number of hydrogen-bond donors (Lipinski definition) is 1. The Balaban J connectivity index is 2.11. The molecule has 0 amide bonds. The molecule has 0 bridgehead atoms. The van der Waals surface area contributed by atoms with E-state index in [4.69, 9.17) is 11.6 Å². The van der Waals surface area contributed by atoms with Crippen molar-refractivity contribution in [2.45, 2.75) is 18.3 Å². The molecule has 1 fully saturated rings. The van der Waals surface area contributed by atoms with Crippen LogP contribution in [0.4, 0.5) is 0 Å². The maximum Gasteiger partial charge on any atom is 0.0886 e. The fourth-order valence-corrected chi connectivity index (χ4v) is 3.75. The first kappa shape index (κ1) is 8.88. The first-order chi connectivity index (χ1) is 5.75. The van der Waals surface area contributed by atoms with E-state index in [-0.39, 0.29) is 0 Å². The quantitative estimate of drug-likeness (QED) is 0.779. The predicted octanol–water partition coefficient (Wildman–Crippen LogP) is 3.13. The van der Waals surface area contributed by atoms with Crippen LogP contribution in [0.3, 0.4) is 0 Å². The number of thiophene rings is 1. The molecular weight excluding hydrogens is 210 g/mol. The minimum atomic E-state index is 0.470. The Kier molecular flexibility index (Phi) is 2.65. The molecule has 66 valence electrons. The Morgan fingerprint density at radius 1 is 1.67 bits per heavy atom. The highest BCUT2D eigenvalue weighted by molar-refractivity contribution is 7.99. The van der Waals surface area contributed by atoms with Crippen LogP contribution < -0.4 is 5.32 Å². The van der Waals surface area contributed by atoms with Gasteiger partial charge in [0.1, 0.15) is 0 Å². The van der Waals surface area contributed by atoms with E-state index < -0.39 is 0 Å². The van der Waals surface area contributed by atoms with Gasteiger partial charge < -0.3 is 0 Å². The van der Waals surface area contributed by atoms with Crippen LogP contribution >= 0.6 is 34.7 Å². The maximum atomic E-state index is 5.85. The van der Waals surface area contributed by atoms with Crippen molar-refractivity contribution in [1.82, 2.24) is 5.32 Å². The zero-order valence-electron chi connectivity index (χ0n) is 6.71. The maximum absolute atomic E-state index is 5.85. The van der Waals surface area contributed by atoms with E-state index in [1.165, 1.54) is 10.6 Å². The molecule has 0 radical (unpaired) electrons. The summed E-state index contributed by atoms with van der Waals surface area (Å²) < 4.78 is 0. The molecule has 1 nitrogen and oxygen atoms in total. The van der Waals surface area contributed by atoms with Crippen molar-refractivity contribution in [3.05, 3.63) is 21.3 Å². The lowest BCUT2D eigenvalue weighted by Gasteiger charge is -2.06. The smallest absolute Gasteiger partial charge is 0.0886 e. The van der Waals surface area contributed by atoms with Gasteiger partial charge in [0.05, 0.1) is 10.4 Å². The highest BCUT2D eigenvalue weighted by atomic mass is 35.5. The summed E-state index contributed by atoms with van der Waals surface area (Å²) in [5.74, 6) is 1.19. The van der Waals surface area contributed by atoms with Crippen LogP contribution in [-0.4, -0.2) is 11.8 Å². The topological polar surface area (TPSA) is 12.0 Å². The molecule has 1 N–H and O–H groups in total. The molecule has 2 unspecified atom stereocenters. The molecule has 2 rings (SSSR count). The molecular formula is C8H10ClNS2. The van der Waals surface area contributed by atoms with E-state index in [1.807, 2.05) is 17.1 Å². The summed E-state index contributed by atoms with van der Waals surface area (Å²) in [5.41, 5.74) is 0. The van der Waals surface area contributed by atoms with Crippen LogP contribution in [0.1, 0.15) is 17.2 Å². The lowest BCUT2D eigenvalue weighted by Crippen LogP contribution is -2.21. The standard InChI is InChI=1S/C8H10ClNS2/c1-5-3-12-8(10-5)7-2-6(9)4-11-7/h2,4-5,8,10H,3H2,1H3. The van der Waals surface area contributed by atoms with Crippen molar-refractivity contribution in [1.29, 1.82) is 0 Å². The highest BCUT2D eigenvalue weighted by Gasteiger charge is 2.23. The van der Waals surface area contributed by atoms with Crippen LogP contribution in [-0.2, 0) is 0 Å². The SMILES string of the molecule is CC1CSC(c2cc(Cl)cs2)N1. The molecule has 0 saturated carbocycles. The molecule has 1 saturated heterocycles. The van der Waals surface area contributed by atoms with Gasteiger partial charge in [-0.25, -0.2) is 0 Å². The number of hydrogen-bond acceptors (Lipinski definition) is 3. The van der Waals surface area contributed by atoms with Crippen molar-refractivity contribution in [2.75, 3.05) is 5.75 Å². The van der Waals surface area contributed by atoms with Crippen LogP contribution in [0.2, 0.25) is 5.02 Å². The lowest BCUT2D eigenvalue weighted by atomic mass is 10.4. The highest BCUT2D eigenvalue weighted by Crippen LogP contribution is 2.36. The fourth-order valence-electron chi connectivity index (χ4n) is 1.23. The Labute approximate surface area is 85.5 Å². The largest absolute Gasteiger partial charge is 0.298 e. The molecule has 1 aromatic heterocycles. The number of halogens is 1. The van der Waals surface area contributed by atoms with Crippen molar-refractivity contribution in [3.8, 4) is 0 Å². The normalized spacial score (nSPS) is 29.5. The van der Waals surface area contributed by atoms with Crippen molar-refractivity contribution < 1.29 is 0 Å². The van der Waals surface area contributed by atoms with Crippen LogP contribution in [0.25, 0.3) is 0 Å². The summed E-state index contributed by atoms with van der Waals surface area (Å²) in [6, 6.07) is 2.68. The number of thioether (sulfide) groups is 1. The molecule has 2 atom stereocenters. The summed E-state index contributed by atoms with van der Waals surface area (Å²) in [7, 11) is 0. The van der Waals surface area contributed by atoms with Gasteiger partial charge in [0, 0.05) is 22.1 Å². The molecule has 1 aliphatic rings. The van der Waals surface area contributed by atoms with Crippen LogP contribution in [0, 0.1) is 0 Å². The summed E-state index contributed by atoms with van der Waals surface area (Å²) in [6.07, 6.45) is 0. The van der Waals surface area contributed by atoms with Gasteiger partial charge in [-0.15, -0.1) is 23.1 Å². The zero-order valence-corrected chi connectivity index (χ0v) is 9.10. The zero-order chi connectivity index (χ0) is 8.55. The Morgan fingerprint density at radius 2 is 2.50 bits per heavy atom. The first-order valence-electron chi connectivity index (χ1n) is 3.87. The van der Waals surface area contributed by atoms with Gasteiger partial charge in [-0.2, -0.15) is 0 Å². The Bertz CT molecular complexity index is 274. The van der Waals surface area contributed by atoms with E-state index in [9.17, 15) is 0 Å². The van der Waals surface area contributed by atoms with Crippen LogP contribution in [0.5, 0.6) is 0 Å². The summed E-state index contributed by atoms with van der Waals surface area (Å²) in [4.78, 5) is 1.34. The molecule has 0 aromatic carbocycles. The number of rotatable bonds is 1. The average Bonchev–Trinajstić information content (AvgIpc) is 2.58. The average molecular weight is 220 g/mol. The minimum absolute atomic E-state index is 0.470.